The van der Waals surface area contributed by atoms with Gasteiger partial charge in [-0.1, -0.05) is 20.8 Å². The average molecular weight is 267 g/mol. The summed E-state index contributed by atoms with van der Waals surface area (Å²) in [5, 5.41) is 2.93. The normalized spacial score (nSPS) is 13.0. The number of aromatic nitrogens is 3. The van der Waals surface area contributed by atoms with Gasteiger partial charge in [-0.25, -0.2) is 0 Å². The molecule has 1 N–H and O–H groups in total. The summed E-state index contributed by atoms with van der Waals surface area (Å²) in [6.07, 6.45) is 0. The van der Waals surface area contributed by atoms with Crippen molar-refractivity contribution in [2.24, 2.45) is 5.41 Å². The van der Waals surface area contributed by atoms with Crippen LogP contribution < -0.4 is 15.0 Å². The number of rotatable bonds is 5. The molecule has 0 saturated carbocycles. The summed E-state index contributed by atoms with van der Waals surface area (Å²) in [6.45, 7) is 11.2. The van der Waals surface area contributed by atoms with Crippen molar-refractivity contribution in [3.63, 3.8) is 0 Å². The van der Waals surface area contributed by atoms with Gasteiger partial charge in [-0.3, -0.25) is 0 Å². The summed E-state index contributed by atoms with van der Waals surface area (Å²) in [5.41, 5.74) is 0.132. The molecule has 6 heteroatoms. The zero-order chi connectivity index (χ0) is 14.6. The molecule has 0 aliphatic heterocycles. The molecule has 6 nitrogen and oxygen atoms in total. The second-order valence-corrected chi connectivity index (χ2v) is 5.58. The molecular weight excluding hydrogens is 242 g/mol. The van der Waals surface area contributed by atoms with Crippen molar-refractivity contribution in [2.45, 2.75) is 40.7 Å². The quantitative estimate of drug-likeness (QED) is 0.882. The number of hydrogen-bond acceptors (Lipinski definition) is 6. The lowest BCUT2D eigenvalue weighted by Crippen LogP contribution is -2.40. The molecule has 1 unspecified atom stereocenters. The fourth-order valence-electron chi connectivity index (χ4n) is 1.56. The van der Waals surface area contributed by atoms with Crippen LogP contribution in [0, 0.1) is 5.41 Å². The van der Waals surface area contributed by atoms with Crippen molar-refractivity contribution in [3.8, 4) is 6.01 Å². The maximum absolute atomic E-state index is 5.38. The third-order valence-electron chi connectivity index (χ3n) is 3.25. The standard InChI is InChI=1S/C13H25N5O/c1-8-19-12-16-10(14-6)15-11(17-12)18(7)9(2)13(3,4)5/h9H,8H2,1-7H3,(H,14,15,16,17). The molecule has 1 aromatic heterocycles. The Morgan fingerprint density at radius 2 is 1.89 bits per heavy atom. The number of nitrogens with zero attached hydrogens (tertiary/aromatic N) is 4. The van der Waals surface area contributed by atoms with E-state index in [1.165, 1.54) is 0 Å². The minimum absolute atomic E-state index is 0.132. The molecule has 0 aliphatic carbocycles. The summed E-state index contributed by atoms with van der Waals surface area (Å²) in [5.74, 6) is 1.13. The van der Waals surface area contributed by atoms with E-state index in [0.717, 1.165) is 0 Å². The monoisotopic (exact) mass is 267 g/mol. The summed E-state index contributed by atoms with van der Waals surface area (Å²) >= 11 is 0. The number of anilines is 2. The number of ether oxygens (including phenoxy) is 1. The van der Waals surface area contributed by atoms with Crippen LogP contribution in [0.25, 0.3) is 0 Å². The van der Waals surface area contributed by atoms with E-state index in [1.54, 1.807) is 7.05 Å². The van der Waals surface area contributed by atoms with Gasteiger partial charge in [-0.2, -0.15) is 15.0 Å². The molecule has 1 rings (SSSR count). The Labute approximate surface area is 115 Å². The van der Waals surface area contributed by atoms with Crippen LogP contribution in [-0.4, -0.2) is 41.7 Å². The summed E-state index contributed by atoms with van der Waals surface area (Å²) < 4.78 is 5.38. The minimum Gasteiger partial charge on any atom is -0.464 e. The van der Waals surface area contributed by atoms with E-state index >= 15 is 0 Å². The van der Waals surface area contributed by atoms with Gasteiger partial charge in [0.25, 0.3) is 0 Å². The molecule has 1 aromatic rings. The molecular formula is C13H25N5O. The molecule has 1 atom stereocenters. The zero-order valence-electron chi connectivity index (χ0n) is 13.0. The molecule has 108 valence electrons. The smallest absolute Gasteiger partial charge is 0.323 e. The molecule has 0 saturated heterocycles. The van der Waals surface area contributed by atoms with E-state index in [4.69, 9.17) is 4.74 Å². The predicted molar refractivity (Wildman–Crippen MR) is 77.9 cm³/mol. The van der Waals surface area contributed by atoms with Gasteiger partial charge in [-0.05, 0) is 19.3 Å². The fourth-order valence-corrected chi connectivity index (χ4v) is 1.56. The Balaban J connectivity index is 3.07. The van der Waals surface area contributed by atoms with E-state index in [0.29, 0.717) is 24.5 Å². The van der Waals surface area contributed by atoms with Crippen LogP contribution in [0.15, 0.2) is 0 Å². The maximum atomic E-state index is 5.38. The first-order valence-electron chi connectivity index (χ1n) is 6.59. The van der Waals surface area contributed by atoms with Gasteiger partial charge >= 0.3 is 6.01 Å². The van der Waals surface area contributed by atoms with Gasteiger partial charge in [0.05, 0.1) is 6.61 Å². The van der Waals surface area contributed by atoms with Crippen molar-refractivity contribution in [2.75, 3.05) is 30.9 Å². The van der Waals surface area contributed by atoms with Crippen LogP contribution in [0.1, 0.15) is 34.6 Å². The van der Waals surface area contributed by atoms with Crippen molar-refractivity contribution < 1.29 is 4.74 Å². The lowest BCUT2D eigenvalue weighted by molar-refractivity contribution is 0.307. The van der Waals surface area contributed by atoms with Gasteiger partial charge in [-0.15, -0.1) is 0 Å². The number of hydrogen-bond donors (Lipinski definition) is 1. The molecule has 0 spiro atoms. The average Bonchev–Trinajstić information content (AvgIpc) is 2.35. The second-order valence-electron chi connectivity index (χ2n) is 5.58. The Morgan fingerprint density at radius 3 is 2.37 bits per heavy atom. The predicted octanol–water partition coefficient (Wildman–Crippen LogP) is 2.18. The van der Waals surface area contributed by atoms with E-state index < -0.39 is 0 Å². The fraction of sp³-hybridized carbons (Fsp3) is 0.769. The Bertz CT molecular complexity index is 416. The SMILES string of the molecule is CCOc1nc(NC)nc(N(C)C(C)C(C)(C)C)n1. The topological polar surface area (TPSA) is 63.2 Å². The maximum Gasteiger partial charge on any atom is 0.323 e. The molecule has 1 heterocycles. The molecule has 19 heavy (non-hydrogen) atoms. The van der Waals surface area contributed by atoms with Crippen molar-refractivity contribution in [3.05, 3.63) is 0 Å². The molecule has 0 radical (unpaired) electrons. The van der Waals surface area contributed by atoms with Gasteiger partial charge in [0.1, 0.15) is 0 Å². The van der Waals surface area contributed by atoms with E-state index in [-0.39, 0.29) is 11.5 Å². The van der Waals surface area contributed by atoms with Crippen LogP contribution in [0.3, 0.4) is 0 Å². The highest BCUT2D eigenvalue weighted by atomic mass is 16.5. The van der Waals surface area contributed by atoms with Gasteiger partial charge in [0, 0.05) is 20.1 Å². The lowest BCUT2D eigenvalue weighted by Gasteiger charge is -2.35. The third kappa shape index (κ3) is 3.94. The molecule has 0 fully saturated rings. The van der Waals surface area contributed by atoms with Crippen LogP contribution >= 0.6 is 0 Å². The van der Waals surface area contributed by atoms with Gasteiger partial charge in [0.2, 0.25) is 11.9 Å². The number of nitrogens with one attached hydrogen (secondary N) is 1. The third-order valence-corrected chi connectivity index (χ3v) is 3.25. The van der Waals surface area contributed by atoms with Gasteiger partial charge < -0.3 is 15.0 Å². The highest BCUT2D eigenvalue weighted by molar-refractivity contribution is 5.38. The van der Waals surface area contributed by atoms with Gasteiger partial charge in [0.15, 0.2) is 0 Å². The van der Waals surface area contributed by atoms with Crippen molar-refractivity contribution in [1.29, 1.82) is 0 Å². The van der Waals surface area contributed by atoms with Crippen LogP contribution in [0.4, 0.5) is 11.9 Å². The lowest BCUT2D eigenvalue weighted by atomic mass is 9.87. The first-order chi connectivity index (χ1) is 8.79. The minimum atomic E-state index is 0.132. The van der Waals surface area contributed by atoms with E-state index in [1.807, 2.05) is 18.9 Å². The summed E-state index contributed by atoms with van der Waals surface area (Å²) in [6, 6.07) is 0.638. The first kappa shape index (κ1) is 15.5. The largest absolute Gasteiger partial charge is 0.464 e. The zero-order valence-corrected chi connectivity index (χ0v) is 13.0. The molecule has 0 aromatic carbocycles. The van der Waals surface area contributed by atoms with Crippen LogP contribution in [0.5, 0.6) is 6.01 Å². The highest BCUT2D eigenvalue weighted by Crippen LogP contribution is 2.26. The van der Waals surface area contributed by atoms with Crippen LogP contribution in [-0.2, 0) is 0 Å². The van der Waals surface area contributed by atoms with Crippen LogP contribution in [0.2, 0.25) is 0 Å². The summed E-state index contributed by atoms with van der Waals surface area (Å²) in [4.78, 5) is 14.9. The molecule has 0 bridgehead atoms. The van der Waals surface area contributed by atoms with E-state index in [2.05, 4.69) is 48.0 Å². The van der Waals surface area contributed by atoms with Crippen molar-refractivity contribution in [1.82, 2.24) is 15.0 Å². The van der Waals surface area contributed by atoms with E-state index in [9.17, 15) is 0 Å². The summed E-state index contributed by atoms with van der Waals surface area (Å²) in [7, 11) is 3.77. The molecule has 0 amide bonds. The Morgan fingerprint density at radius 1 is 1.26 bits per heavy atom. The van der Waals surface area contributed by atoms with Crippen molar-refractivity contribution >= 4 is 11.9 Å². The Hall–Kier alpha value is -1.59. The molecule has 0 aliphatic rings. The first-order valence-corrected chi connectivity index (χ1v) is 6.59. The second kappa shape index (κ2) is 6.04. The Kier molecular flexibility index (Phi) is 4.91. The highest BCUT2D eigenvalue weighted by Gasteiger charge is 2.26.